The first-order valence-electron chi connectivity index (χ1n) is 6.31. The van der Waals surface area contributed by atoms with Crippen LogP contribution in [0.3, 0.4) is 0 Å². The second-order valence-corrected chi connectivity index (χ2v) is 5.38. The molecule has 0 aliphatic heterocycles. The van der Waals surface area contributed by atoms with Gasteiger partial charge in [-0.2, -0.15) is 0 Å². The first kappa shape index (κ1) is 14.5. The largest absolute Gasteiger partial charge is 0.497 e. The maximum atomic E-state index is 11.9. The van der Waals surface area contributed by atoms with Crippen molar-refractivity contribution in [2.24, 2.45) is 0 Å². The zero-order chi connectivity index (χ0) is 14.4. The summed E-state index contributed by atoms with van der Waals surface area (Å²) in [5.74, 6) is 1.21. The van der Waals surface area contributed by atoms with Gasteiger partial charge >= 0.3 is 0 Å². The lowest BCUT2D eigenvalue weighted by atomic mass is 10.2. The number of thioether (sulfide) groups is 1. The number of carbonyl (C=O) groups excluding carboxylic acids is 1. The van der Waals surface area contributed by atoms with Crippen molar-refractivity contribution in [2.45, 2.75) is 11.8 Å². The Kier molecular flexibility index (Phi) is 5.07. The quantitative estimate of drug-likeness (QED) is 0.851. The number of anilines is 1. The summed E-state index contributed by atoms with van der Waals surface area (Å²) < 4.78 is 5.10. The number of benzene rings is 2. The number of rotatable bonds is 5. The number of hydrogen-bond donors (Lipinski definition) is 1. The monoisotopic (exact) mass is 287 g/mol. The molecule has 2 aromatic rings. The van der Waals surface area contributed by atoms with Crippen LogP contribution in [0.1, 0.15) is 5.56 Å². The predicted molar refractivity (Wildman–Crippen MR) is 83.5 cm³/mol. The summed E-state index contributed by atoms with van der Waals surface area (Å²) in [5.41, 5.74) is 1.93. The van der Waals surface area contributed by atoms with Gasteiger partial charge in [-0.1, -0.05) is 18.2 Å². The molecule has 20 heavy (non-hydrogen) atoms. The average molecular weight is 287 g/mol. The summed E-state index contributed by atoms with van der Waals surface area (Å²) in [7, 11) is 1.64. The second kappa shape index (κ2) is 7.01. The molecule has 0 aromatic heterocycles. The Morgan fingerprint density at radius 1 is 1.15 bits per heavy atom. The van der Waals surface area contributed by atoms with E-state index in [2.05, 4.69) is 5.32 Å². The Labute approximate surface area is 123 Å². The van der Waals surface area contributed by atoms with Crippen molar-refractivity contribution >= 4 is 23.4 Å². The van der Waals surface area contributed by atoms with Crippen LogP contribution in [0.5, 0.6) is 5.75 Å². The van der Waals surface area contributed by atoms with Gasteiger partial charge in [-0.15, -0.1) is 11.8 Å². The van der Waals surface area contributed by atoms with Crippen LogP contribution in [0.25, 0.3) is 0 Å². The van der Waals surface area contributed by atoms with E-state index in [1.807, 2.05) is 55.5 Å². The topological polar surface area (TPSA) is 38.3 Å². The molecule has 0 saturated carbocycles. The molecule has 0 spiro atoms. The minimum absolute atomic E-state index is 0.000109. The summed E-state index contributed by atoms with van der Waals surface area (Å²) in [4.78, 5) is 13.0. The van der Waals surface area contributed by atoms with Crippen LogP contribution in [0.15, 0.2) is 53.4 Å². The van der Waals surface area contributed by atoms with Crippen LogP contribution in [0.4, 0.5) is 5.69 Å². The zero-order valence-electron chi connectivity index (χ0n) is 11.6. The molecule has 1 N–H and O–H groups in total. The molecule has 3 nitrogen and oxygen atoms in total. The van der Waals surface area contributed by atoms with E-state index in [4.69, 9.17) is 4.74 Å². The van der Waals surface area contributed by atoms with E-state index in [-0.39, 0.29) is 5.91 Å². The molecule has 0 heterocycles. The number of carbonyl (C=O) groups is 1. The van der Waals surface area contributed by atoms with Crippen LogP contribution < -0.4 is 10.1 Å². The summed E-state index contributed by atoms with van der Waals surface area (Å²) in [6.07, 6.45) is 0. The molecule has 0 aliphatic rings. The van der Waals surface area contributed by atoms with Crippen LogP contribution in [0.2, 0.25) is 0 Å². The van der Waals surface area contributed by atoms with E-state index >= 15 is 0 Å². The van der Waals surface area contributed by atoms with E-state index in [1.165, 1.54) is 11.8 Å². The maximum Gasteiger partial charge on any atom is 0.234 e. The number of aryl methyl sites for hydroxylation is 1. The SMILES string of the molecule is COc1ccc(SCC(=O)Nc2ccccc2C)cc1. The van der Waals surface area contributed by atoms with Gasteiger partial charge in [-0.3, -0.25) is 4.79 Å². The number of para-hydroxylation sites is 1. The van der Waals surface area contributed by atoms with Crippen molar-refractivity contribution in [3.8, 4) is 5.75 Å². The Balaban J connectivity index is 1.87. The standard InChI is InChI=1S/C16H17NO2S/c1-12-5-3-4-6-15(12)17-16(18)11-20-14-9-7-13(19-2)8-10-14/h3-10H,11H2,1-2H3,(H,17,18). The lowest BCUT2D eigenvalue weighted by Crippen LogP contribution is -2.14. The zero-order valence-corrected chi connectivity index (χ0v) is 12.4. The van der Waals surface area contributed by atoms with Crippen LogP contribution in [-0.4, -0.2) is 18.8 Å². The normalized spacial score (nSPS) is 10.1. The molecule has 0 bridgehead atoms. The van der Waals surface area contributed by atoms with Gasteiger partial charge in [-0.25, -0.2) is 0 Å². The highest BCUT2D eigenvalue weighted by molar-refractivity contribution is 8.00. The van der Waals surface area contributed by atoms with E-state index in [0.29, 0.717) is 5.75 Å². The summed E-state index contributed by atoms with van der Waals surface area (Å²) >= 11 is 1.51. The molecule has 4 heteroatoms. The van der Waals surface area contributed by atoms with E-state index < -0.39 is 0 Å². The first-order chi connectivity index (χ1) is 9.69. The highest BCUT2D eigenvalue weighted by atomic mass is 32.2. The fraction of sp³-hybridized carbons (Fsp3) is 0.188. The third kappa shape index (κ3) is 4.03. The number of nitrogens with one attached hydrogen (secondary N) is 1. The molecule has 0 atom stereocenters. The molecular formula is C16H17NO2S. The lowest BCUT2D eigenvalue weighted by Gasteiger charge is -2.08. The number of hydrogen-bond acceptors (Lipinski definition) is 3. The number of amides is 1. The maximum absolute atomic E-state index is 11.9. The molecule has 1 amide bonds. The Morgan fingerprint density at radius 2 is 1.85 bits per heavy atom. The molecular weight excluding hydrogens is 270 g/mol. The molecule has 0 unspecified atom stereocenters. The van der Waals surface area contributed by atoms with Crippen LogP contribution in [-0.2, 0) is 4.79 Å². The molecule has 2 aromatic carbocycles. The smallest absolute Gasteiger partial charge is 0.234 e. The van der Waals surface area contributed by atoms with Crippen LogP contribution in [0, 0.1) is 6.92 Å². The minimum atomic E-state index is 0.000109. The Hall–Kier alpha value is -1.94. The van der Waals surface area contributed by atoms with Gasteiger partial charge in [0.2, 0.25) is 5.91 Å². The van der Waals surface area contributed by atoms with Gasteiger partial charge < -0.3 is 10.1 Å². The molecule has 0 fully saturated rings. The third-order valence-electron chi connectivity index (χ3n) is 2.85. The van der Waals surface area contributed by atoms with Gasteiger partial charge in [0.25, 0.3) is 0 Å². The molecule has 0 radical (unpaired) electrons. The lowest BCUT2D eigenvalue weighted by molar-refractivity contribution is -0.113. The summed E-state index contributed by atoms with van der Waals surface area (Å²) in [5, 5.41) is 2.92. The van der Waals surface area contributed by atoms with Gasteiger partial charge in [0, 0.05) is 10.6 Å². The third-order valence-corrected chi connectivity index (χ3v) is 3.86. The number of methoxy groups -OCH3 is 1. The second-order valence-electron chi connectivity index (χ2n) is 4.33. The summed E-state index contributed by atoms with van der Waals surface area (Å²) in [6.45, 7) is 1.98. The minimum Gasteiger partial charge on any atom is -0.497 e. The van der Waals surface area contributed by atoms with Crippen molar-refractivity contribution in [1.29, 1.82) is 0 Å². The van der Waals surface area contributed by atoms with E-state index in [9.17, 15) is 4.79 Å². The summed E-state index contributed by atoms with van der Waals surface area (Å²) in [6, 6.07) is 15.4. The fourth-order valence-electron chi connectivity index (χ4n) is 1.72. The van der Waals surface area contributed by atoms with Gasteiger partial charge in [0.05, 0.1) is 12.9 Å². The van der Waals surface area contributed by atoms with Gasteiger partial charge in [0.15, 0.2) is 0 Å². The van der Waals surface area contributed by atoms with Crippen molar-refractivity contribution in [1.82, 2.24) is 0 Å². The first-order valence-corrected chi connectivity index (χ1v) is 7.30. The fourth-order valence-corrected chi connectivity index (χ4v) is 2.42. The van der Waals surface area contributed by atoms with Crippen molar-refractivity contribution in [2.75, 3.05) is 18.2 Å². The Morgan fingerprint density at radius 3 is 2.50 bits per heavy atom. The predicted octanol–water partition coefficient (Wildman–Crippen LogP) is 3.73. The van der Waals surface area contributed by atoms with Crippen LogP contribution >= 0.6 is 11.8 Å². The average Bonchev–Trinajstić information content (AvgIpc) is 2.48. The van der Waals surface area contributed by atoms with Crippen molar-refractivity contribution in [3.63, 3.8) is 0 Å². The highest BCUT2D eigenvalue weighted by Crippen LogP contribution is 2.21. The molecule has 0 saturated heterocycles. The van der Waals surface area contributed by atoms with E-state index in [0.717, 1.165) is 21.9 Å². The van der Waals surface area contributed by atoms with Crippen molar-refractivity contribution in [3.05, 3.63) is 54.1 Å². The van der Waals surface area contributed by atoms with Gasteiger partial charge in [-0.05, 0) is 42.8 Å². The van der Waals surface area contributed by atoms with E-state index in [1.54, 1.807) is 7.11 Å². The molecule has 104 valence electrons. The van der Waals surface area contributed by atoms with Crippen molar-refractivity contribution < 1.29 is 9.53 Å². The highest BCUT2D eigenvalue weighted by Gasteiger charge is 2.05. The number of ether oxygens (including phenoxy) is 1. The van der Waals surface area contributed by atoms with Gasteiger partial charge in [0.1, 0.15) is 5.75 Å². The molecule has 0 aliphatic carbocycles. The Bertz CT molecular complexity index is 581. The molecule has 2 rings (SSSR count).